The van der Waals surface area contributed by atoms with E-state index < -0.39 is 0 Å². The number of benzene rings is 1. The van der Waals surface area contributed by atoms with E-state index in [1.807, 2.05) is 12.1 Å². The summed E-state index contributed by atoms with van der Waals surface area (Å²) in [5, 5.41) is 3.45. The van der Waals surface area contributed by atoms with Gasteiger partial charge in [0, 0.05) is 6.04 Å². The van der Waals surface area contributed by atoms with Crippen LogP contribution in [0.2, 0.25) is 0 Å². The first-order valence-electron chi connectivity index (χ1n) is 8.05. The molecule has 2 nitrogen and oxygen atoms in total. The molecule has 20 heavy (non-hydrogen) atoms. The van der Waals surface area contributed by atoms with Gasteiger partial charge in [0.15, 0.2) is 0 Å². The first kappa shape index (κ1) is 14.0. The van der Waals surface area contributed by atoms with Crippen LogP contribution in [-0.4, -0.2) is 31.1 Å². The van der Waals surface area contributed by atoms with Crippen molar-refractivity contribution in [3.63, 3.8) is 0 Å². The second-order valence-electron chi connectivity index (χ2n) is 6.18. The highest BCUT2D eigenvalue weighted by atomic mass is 19.1. The maximum atomic E-state index is 13.2. The van der Waals surface area contributed by atoms with Gasteiger partial charge in [0.2, 0.25) is 0 Å². The molecule has 1 aromatic rings. The molecule has 1 atom stereocenters. The molecule has 110 valence electrons. The Morgan fingerprint density at radius 3 is 2.30 bits per heavy atom. The van der Waals surface area contributed by atoms with Crippen LogP contribution in [0, 0.1) is 11.7 Å². The third kappa shape index (κ3) is 3.21. The smallest absolute Gasteiger partial charge is 0.123 e. The minimum Gasteiger partial charge on any atom is -0.317 e. The lowest BCUT2D eigenvalue weighted by atomic mass is 9.84. The molecular formula is C17H25FN2. The fourth-order valence-corrected chi connectivity index (χ4v) is 3.80. The highest BCUT2D eigenvalue weighted by molar-refractivity contribution is 5.21. The summed E-state index contributed by atoms with van der Waals surface area (Å²) in [7, 11) is 0. The lowest BCUT2D eigenvalue weighted by Gasteiger charge is -2.41. The quantitative estimate of drug-likeness (QED) is 0.910. The normalized spacial score (nSPS) is 23.6. The fourth-order valence-electron chi connectivity index (χ4n) is 3.80. The molecule has 0 radical (unpaired) electrons. The summed E-state index contributed by atoms with van der Waals surface area (Å²) in [5.74, 6) is 0.580. The number of halogens is 1. The standard InChI is InChI=1S/C17H25FN2/c18-16-6-4-14(5-7-16)17(15-8-10-19-11-9-15)20-12-2-1-3-13-20/h4-7,15,17,19H,1-3,8-13H2. The van der Waals surface area contributed by atoms with E-state index in [0.29, 0.717) is 12.0 Å². The first-order valence-corrected chi connectivity index (χ1v) is 8.05. The van der Waals surface area contributed by atoms with Crippen LogP contribution in [0.5, 0.6) is 0 Å². The van der Waals surface area contributed by atoms with E-state index in [1.54, 1.807) is 12.1 Å². The first-order chi connectivity index (χ1) is 9.84. The van der Waals surface area contributed by atoms with Crippen LogP contribution in [-0.2, 0) is 0 Å². The fraction of sp³-hybridized carbons (Fsp3) is 0.647. The van der Waals surface area contributed by atoms with Gasteiger partial charge >= 0.3 is 0 Å². The number of piperidine rings is 2. The molecule has 1 aromatic carbocycles. The Hall–Kier alpha value is -0.930. The van der Waals surface area contributed by atoms with E-state index in [9.17, 15) is 4.39 Å². The minimum atomic E-state index is -0.128. The van der Waals surface area contributed by atoms with Gasteiger partial charge in [-0.15, -0.1) is 0 Å². The van der Waals surface area contributed by atoms with E-state index >= 15 is 0 Å². The molecule has 3 heteroatoms. The number of hydrogen-bond acceptors (Lipinski definition) is 2. The molecule has 2 heterocycles. The average Bonchev–Trinajstić information content (AvgIpc) is 2.52. The van der Waals surface area contributed by atoms with Gasteiger partial charge in [0.1, 0.15) is 5.82 Å². The topological polar surface area (TPSA) is 15.3 Å². The maximum absolute atomic E-state index is 13.2. The predicted molar refractivity (Wildman–Crippen MR) is 80.2 cm³/mol. The van der Waals surface area contributed by atoms with Crippen LogP contribution < -0.4 is 5.32 Å². The molecule has 0 aliphatic carbocycles. The lowest BCUT2D eigenvalue weighted by Crippen LogP contribution is -2.41. The van der Waals surface area contributed by atoms with Crippen molar-refractivity contribution in [1.29, 1.82) is 0 Å². The van der Waals surface area contributed by atoms with Gasteiger partial charge in [-0.3, -0.25) is 4.90 Å². The van der Waals surface area contributed by atoms with Crippen molar-refractivity contribution in [2.45, 2.75) is 38.1 Å². The molecule has 1 N–H and O–H groups in total. The summed E-state index contributed by atoms with van der Waals surface area (Å²) in [6.45, 7) is 4.64. The minimum absolute atomic E-state index is 0.128. The van der Waals surface area contributed by atoms with E-state index in [0.717, 1.165) is 13.1 Å². The Kier molecular flexibility index (Phi) is 4.69. The summed E-state index contributed by atoms with van der Waals surface area (Å²) in [5.41, 5.74) is 1.31. The lowest BCUT2D eigenvalue weighted by molar-refractivity contribution is 0.0998. The van der Waals surface area contributed by atoms with E-state index in [4.69, 9.17) is 0 Å². The summed E-state index contributed by atoms with van der Waals surface area (Å²) in [4.78, 5) is 2.65. The summed E-state index contributed by atoms with van der Waals surface area (Å²) < 4.78 is 13.2. The van der Waals surface area contributed by atoms with Gasteiger partial charge in [-0.25, -0.2) is 4.39 Å². The van der Waals surface area contributed by atoms with Crippen LogP contribution in [0.4, 0.5) is 4.39 Å². The van der Waals surface area contributed by atoms with Gasteiger partial charge < -0.3 is 5.32 Å². The molecule has 0 bridgehead atoms. The average molecular weight is 276 g/mol. The zero-order chi connectivity index (χ0) is 13.8. The highest BCUT2D eigenvalue weighted by Crippen LogP contribution is 2.35. The second-order valence-corrected chi connectivity index (χ2v) is 6.18. The van der Waals surface area contributed by atoms with Crippen molar-refractivity contribution >= 4 is 0 Å². The van der Waals surface area contributed by atoms with Crippen LogP contribution in [0.15, 0.2) is 24.3 Å². The van der Waals surface area contributed by atoms with Gasteiger partial charge in [-0.2, -0.15) is 0 Å². The van der Waals surface area contributed by atoms with Crippen LogP contribution in [0.3, 0.4) is 0 Å². The molecule has 2 saturated heterocycles. The SMILES string of the molecule is Fc1ccc(C(C2CCNCC2)N2CCCCC2)cc1. The van der Waals surface area contributed by atoms with E-state index in [2.05, 4.69) is 10.2 Å². The third-order valence-electron chi connectivity index (χ3n) is 4.83. The predicted octanol–water partition coefficient (Wildman–Crippen LogP) is 3.35. The molecule has 1 unspecified atom stereocenters. The monoisotopic (exact) mass is 276 g/mol. The highest BCUT2D eigenvalue weighted by Gasteiger charge is 2.30. The zero-order valence-corrected chi connectivity index (χ0v) is 12.2. The zero-order valence-electron chi connectivity index (χ0n) is 12.2. The third-order valence-corrected chi connectivity index (χ3v) is 4.83. The molecule has 2 aliphatic heterocycles. The van der Waals surface area contributed by atoms with Gasteiger partial charge in [0.25, 0.3) is 0 Å². The molecule has 0 saturated carbocycles. The van der Waals surface area contributed by atoms with Crippen LogP contribution >= 0.6 is 0 Å². The van der Waals surface area contributed by atoms with Gasteiger partial charge in [-0.05, 0) is 75.5 Å². The summed E-state index contributed by atoms with van der Waals surface area (Å²) >= 11 is 0. The van der Waals surface area contributed by atoms with Crippen molar-refractivity contribution in [1.82, 2.24) is 10.2 Å². The summed E-state index contributed by atoms with van der Waals surface area (Å²) in [6.07, 6.45) is 6.45. The molecule has 2 fully saturated rings. The van der Waals surface area contributed by atoms with Gasteiger partial charge in [0.05, 0.1) is 0 Å². The number of likely N-dealkylation sites (tertiary alicyclic amines) is 1. The maximum Gasteiger partial charge on any atom is 0.123 e. The Morgan fingerprint density at radius 1 is 1.00 bits per heavy atom. The van der Waals surface area contributed by atoms with Crippen molar-refractivity contribution < 1.29 is 4.39 Å². The Morgan fingerprint density at radius 2 is 1.65 bits per heavy atom. The number of hydrogen-bond donors (Lipinski definition) is 1. The van der Waals surface area contributed by atoms with Crippen LogP contribution in [0.25, 0.3) is 0 Å². The number of nitrogens with one attached hydrogen (secondary N) is 1. The largest absolute Gasteiger partial charge is 0.317 e. The van der Waals surface area contributed by atoms with Crippen molar-refractivity contribution in [3.8, 4) is 0 Å². The van der Waals surface area contributed by atoms with Crippen molar-refractivity contribution in [2.75, 3.05) is 26.2 Å². The number of nitrogens with zero attached hydrogens (tertiary/aromatic N) is 1. The van der Waals surface area contributed by atoms with E-state index in [1.165, 1.54) is 50.8 Å². The molecule has 0 aromatic heterocycles. The van der Waals surface area contributed by atoms with E-state index in [-0.39, 0.29) is 5.82 Å². The van der Waals surface area contributed by atoms with Gasteiger partial charge in [-0.1, -0.05) is 18.6 Å². The Balaban J connectivity index is 1.83. The Bertz CT molecular complexity index is 388. The second kappa shape index (κ2) is 6.68. The molecule has 2 aliphatic rings. The number of rotatable bonds is 3. The van der Waals surface area contributed by atoms with Crippen molar-refractivity contribution in [3.05, 3.63) is 35.6 Å². The van der Waals surface area contributed by atoms with Crippen LogP contribution in [0.1, 0.15) is 43.7 Å². The molecule has 3 rings (SSSR count). The summed E-state index contributed by atoms with van der Waals surface area (Å²) in [6, 6.07) is 7.71. The molecule has 0 amide bonds. The molecule has 0 spiro atoms. The molecular weight excluding hydrogens is 251 g/mol. The van der Waals surface area contributed by atoms with Crippen molar-refractivity contribution in [2.24, 2.45) is 5.92 Å². The Labute approximate surface area is 121 Å².